The van der Waals surface area contributed by atoms with Gasteiger partial charge in [-0.05, 0) is 31.7 Å². The highest BCUT2D eigenvalue weighted by Gasteiger charge is 2.25. The van der Waals surface area contributed by atoms with Gasteiger partial charge in [-0.15, -0.1) is 0 Å². The molecule has 18 heavy (non-hydrogen) atoms. The third kappa shape index (κ3) is 3.03. The topological polar surface area (TPSA) is 41.5 Å². The van der Waals surface area contributed by atoms with Crippen molar-refractivity contribution in [2.24, 2.45) is 5.92 Å². The lowest BCUT2D eigenvalue weighted by Crippen LogP contribution is -2.29. The number of hydrogen-bond donors (Lipinski definition) is 2. The molecule has 2 N–H and O–H groups in total. The summed E-state index contributed by atoms with van der Waals surface area (Å²) in [6, 6.07) is 8.32. The minimum absolute atomic E-state index is 0.123. The molecule has 100 valence electrons. The normalized spacial score (nSPS) is 25.1. The van der Waals surface area contributed by atoms with Crippen LogP contribution in [0.3, 0.4) is 0 Å². The molecule has 3 nitrogen and oxygen atoms in total. The summed E-state index contributed by atoms with van der Waals surface area (Å²) in [7, 11) is 1.70. The molecule has 3 atom stereocenters. The first-order valence-corrected chi connectivity index (χ1v) is 6.76. The molecule has 3 unspecified atom stereocenters. The van der Waals surface area contributed by atoms with Crippen LogP contribution in [0.5, 0.6) is 5.75 Å². The molecule has 2 rings (SSSR count). The first kappa shape index (κ1) is 13.4. The molecule has 1 fully saturated rings. The van der Waals surface area contributed by atoms with Gasteiger partial charge in [-0.3, -0.25) is 0 Å². The van der Waals surface area contributed by atoms with Crippen LogP contribution in [0.15, 0.2) is 24.3 Å². The summed E-state index contributed by atoms with van der Waals surface area (Å²) < 4.78 is 5.37. The predicted molar refractivity (Wildman–Crippen MR) is 72.8 cm³/mol. The molecule has 1 aliphatic rings. The van der Waals surface area contributed by atoms with Crippen LogP contribution < -0.4 is 10.1 Å². The smallest absolute Gasteiger partial charge is 0.123 e. The zero-order valence-corrected chi connectivity index (χ0v) is 11.2. The molecule has 1 aliphatic carbocycles. The van der Waals surface area contributed by atoms with Crippen molar-refractivity contribution in [3.63, 3.8) is 0 Å². The molecule has 0 heterocycles. The second kappa shape index (κ2) is 6.21. The minimum atomic E-state index is -0.123. The molecular weight excluding hydrogens is 226 g/mol. The fourth-order valence-corrected chi connectivity index (χ4v) is 2.72. The number of nitrogens with one attached hydrogen (secondary N) is 1. The lowest BCUT2D eigenvalue weighted by molar-refractivity contribution is 0.130. The maximum Gasteiger partial charge on any atom is 0.123 e. The van der Waals surface area contributed by atoms with Crippen molar-refractivity contribution in [2.75, 3.05) is 13.7 Å². The second-order valence-corrected chi connectivity index (χ2v) is 5.13. The second-order valence-electron chi connectivity index (χ2n) is 5.13. The van der Waals surface area contributed by atoms with Crippen LogP contribution in [0.4, 0.5) is 0 Å². The van der Waals surface area contributed by atoms with Crippen molar-refractivity contribution in [1.29, 1.82) is 0 Å². The molecule has 0 aliphatic heterocycles. The van der Waals surface area contributed by atoms with Crippen molar-refractivity contribution in [3.8, 4) is 5.75 Å². The first-order chi connectivity index (χ1) is 8.72. The summed E-state index contributed by atoms with van der Waals surface area (Å²) in [5.41, 5.74) is 1.17. The Hall–Kier alpha value is -1.06. The van der Waals surface area contributed by atoms with Crippen LogP contribution in [0.25, 0.3) is 0 Å². The van der Waals surface area contributed by atoms with Gasteiger partial charge in [0.2, 0.25) is 0 Å². The van der Waals surface area contributed by atoms with E-state index in [1.807, 2.05) is 18.2 Å². The highest BCUT2D eigenvalue weighted by Crippen LogP contribution is 2.27. The molecule has 0 amide bonds. The molecule has 0 bridgehead atoms. The lowest BCUT2D eigenvalue weighted by Gasteiger charge is -2.21. The zero-order valence-electron chi connectivity index (χ0n) is 11.2. The van der Waals surface area contributed by atoms with E-state index in [1.54, 1.807) is 7.11 Å². The largest absolute Gasteiger partial charge is 0.496 e. The Kier molecular flexibility index (Phi) is 4.61. The van der Waals surface area contributed by atoms with Crippen LogP contribution >= 0.6 is 0 Å². The molecule has 0 aromatic heterocycles. The van der Waals surface area contributed by atoms with Crippen molar-refractivity contribution >= 4 is 0 Å². The van der Waals surface area contributed by atoms with Gasteiger partial charge in [0, 0.05) is 18.2 Å². The van der Waals surface area contributed by atoms with E-state index in [0.717, 1.165) is 31.6 Å². The summed E-state index contributed by atoms with van der Waals surface area (Å²) in [5.74, 6) is 1.33. The zero-order chi connectivity index (χ0) is 13.0. The third-order valence-electron chi connectivity index (χ3n) is 3.91. The van der Waals surface area contributed by atoms with Crippen molar-refractivity contribution in [3.05, 3.63) is 29.8 Å². The van der Waals surface area contributed by atoms with Crippen LogP contribution in [0, 0.1) is 5.92 Å². The first-order valence-electron chi connectivity index (χ1n) is 6.76. The van der Waals surface area contributed by atoms with Gasteiger partial charge in [0.25, 0.3) is 0 Å². The highest BCUT2D eigenvalue weighted by atomic mass is 16.5. The summed E-state index contributed by atoms with van der Waals surface area (Å²) in [6.07, 6.45) is 3.11. The average molecular weight is 249 g/mol. The Morgan fingerprint density at radius 1 is 1.39 bits per heavy atom. The SMILES string of the molecule is COc1ccccc1C(C)NCC1CCCC1O. The van der Waals surface area contributed by atoms with Gasteiger partial charge < -0.3 is 15.2 Å². The van der Waals surface area contributed by atoms with Gasteiger partial charge >= 0.3 is 0 Å². The number of methoxy groups -OCH3 is 1. The highest BCUT2D eigenvalue weighted by molar-refractivity contribution is 5.35. The van der Waals surface area contributed by atoms with E-state index >= 15 is 0 Å². The molecular formula is C15H23NO2. The van der Waals surface area contributed by atoms with Crippen molar-refractivity contribution in [1.82, 2.24) is 5.32 Å². The molecule has 0 radical (unpaired) electrons. The number of rotatable bonds is 5. The van der Waals surface area contributed by atoms with E-state index in [4.69, 9.17) is 4.74 Å². The summed E-state index contributed by atoms with van der Waals surface area (Å²) in [6.45, 7) is 3.01. The maximum absolute atomic E-state index is 9.81. The third-order valence-corrected chi connectivity index (χ3v) is 3.91. The van der Waals surface area contributed by atoms with Crippen molar-refractivity contribution < 1.29 is 9.84 Å². The van der Waals surface area contributed by atoms with E-state index in [9.17, 15) is 5.11 Å². The quantitative estimate of drug-likeness (QED) is 0.842. The Morgan fingerprint density at radius 2 is 2.17 bits per heavy atom. The molecule has 1 aromatic carbocycles. The number of aliphatic hydroxyl groups excluding tert-OH is 1. The summed E-state index contributed by atoms with van der Waals surface area (Å²) in [4.78, 5) is 0. The van der Waals surface area contributed by atoms with Crippen LogP contribution in [0.2, 0.25) is 0 Å². The number of ether oxygens (including phenoxy) is 1. The van der Waals surface area contributed by atoms with Gasteiger partial charge in [0.1, 0.15) is 5.75 Å². The Bertz CT molecular complexity index is 381. The monoisotopic (exact) mass is 249 g/mol. The molecule has 0 spiro atoms. The van der Waals surface area contributed by atoms with Gasteiger partial charge in [0.15, 0.2) is 0 Å². The Morgan fingerprint density at radius 3 is 2.83 bits per heavy atom. The number of benzene rings is 1. The van der Waals surface area contributed by atoms with Crippen LogP contribution in [-0.2, 0) is 0 Å². The van der Waals surface area contributed by atoms with Crippen LogP contribution in [0.1, 0.15) is 37.8 Å². The van der Waals surface area contributed by atoms with Gasteiger partial charge in [-0.1, -0.05) is 24.6 Å². The molecule has 0 saturated heterocycles. The summed E-state index contributed by atoms with van der Waals surface area (Å²) >= 11 is 0. The van der Waals surface area contributed by atoms with E-state index in [2.05, 4.69) is 18.3 Å². The Balaban J connectivity index is 1.92. The number of hydrogen-bond acceptors (Lipinski definition) is 3. The fraction of sp³-hybridized carbons (Fsp3) is 0.600. The average Bonchev–Trinajstić information content (AvgIpc) is 2.81. The fourth-order valence-electron chi connectivity index (χ4n) is 2.72. The molecule has 3 heteroatoms. The van der Waals surface area contributed by atoms with E-state index in [-0.39, 0.29) is 12.1 Å². The van der Waals surface area contributed by atoms with Gasteiger partial charge in [-0.25, -0.2) is 0 Å². The van der Waals surface area contributed by atoms with E-state index in [0.29, 0.717) is 5.92 Å². The molecule has 1 aromatic rings. The minimum Gasteiger partial charge on any atom is -0.496 e. The lowest BCUT2D eigenvalue weighted by atomic mass is 10.0. The standard InChI is InChI=1S/C15H23NO2/c1-11(13-7-3-4-9-15(13)18-2)16-10-12-6-5-8-14(12)17/h3-4,7,9,11-12,14,16-17H,5-6,8,10H2,1-2H3. The number of para-hydroxylation sites is 1. The van der Waals surface area contributed by atoms with Crippen molar-refractivity contribution in [2.45, 2.75) is 38.3 Å². The number of aliphatic hydroxyl groups is 1. The van der Waals surface area contributed by atoms with Crippen LogP contribution in [-0.4, -0.2) is 24.9 Å². The van der Waals surface area contributed by atoms with Gasteiger partial charge in [0.05, 0.1) is 13.2 Å². The van der Waals surface area contributed by atoms with E-state index in [1.165, 1.54) is 5.56 Å². The predicted octanol–water partition coefficient (Wildman–Crippen LogP) is 2.51. The maximum atomic E-state index is 9.81. The summed E-state index contributed by atoms with van der Waals surface area (Å²) in [5, 5.41) is 13.3. The Labute approximate surface area is 109 Å². The molecule has 1 saturated carbocycles. The van der Waals surface area contributed by atoms with Gasteiger partial charge in [-0.2, -0.15) is 0 Å². The van der Waals surface area contributed by atoms with E-state index < -0.39 is 0 Å².